The minimum atomic E-state index is -0.549. The van der Waals surface area contributed by atoms with Crippen LogP contribution < -0.4 is 9.47 Å². The highest BCUT2D eigenvalue weighted by molar-refractivity contribution is 5.70. The van der Waals surface area contributed by atoms with E-state index in [4.69, 9.17) is 18.9 Å². The van der Waals surface area contributed by atoms with Gasteiger partial charge in [-0.25, -0.2) is 4.79 Å². The third-order valence-electron chi connectivity index (χ3n) is 6.09. The lowest BCUT2D eigenvalue weighted by atomic mass is 9.99. The van der Waals surface area contributed by atoms with Gasteiger partial charge >= 0.3 is 6.09 Å². The van der Waals surface area contributed by atoms with Gasteiger partial charge in [0.2, 0.25) is 0 Å². The molecule has 0 saturated heterocycles. The molecular formula is C35H53NO6. The van der Waals surface area contributed by atoms with Gasteiger partial charge in [0.1, 0.15) is 17.3 Å². The van der Waals surface area contributed by atoms with Crippen molar-refractivity contribution in [1.29, 1.82) is 0 Å². The van der Waals surface area contributed by atoms with Crippen molar-refractivity contribution in [1.82, 2.24) is 4.90 Å². The average Bonchev–Trinajstić information content (AvgIpc) is 2.98. The maximum Gasteiger partial charge on any atom is 0.418 e. The minimum Gasteiger partial charge on any atom is -0.496 e. The fourth-order valence-electron chi connectivity index (χ4n) is 3.74. The normalized spacial score (nSPS) is 12.8. The van der Waals surface area contributed by atoms with Crippen molar-refractivity contribution < 1.29 is 28.5 Å². The van der Waals surface area contributed by atoms with Crippen molar-refractivity contribution in [3.63, 3.8) is 0 Å². The summed E-state index contributed by atoms with van der Waals surface area (Å²) in [6, 6.07) is 3.99. The van der Waals surface area contributed by atoms with Crippen molar-refractivity contribution >= 4 is 12.6 Å². The SMILES string of the molecule is CC.C\C=C/C=C\C=C\N(C)C(=O)O/C(=C/C/C(C)=C\CCOC=O)C(C)Oc1ccc(CCC(C)C)c(OC)c1C. The predicted molar refractivity (Wildman–Crippen MR) is 173 cm³/mol. The number of allylic oxidation sites excluding steroid dienone is 7. The lowest BCUT2D eigenvalue weighted by Gasteiger charge is -2.22. The standard InChI is InChI=1S/C33H47NO6.C2H6/c1-9-10-11-12-13-22-34(7)33(36)40-31(20-17-26(4)15-14-23-38-24-35)28(6)39-30-21-19-29(18-16-25(2)3)32(37-8)27(30)5;1-2/h9-13,15,19-22,24-25,28H,14,16-18,23H2,1-8H3;1-2H3/b10-9-,12-11-,22-13+,26-15-,31-20+;. The molecule has 0 bridgehead atoms. The molecule has 0 aliphatic rings. The van der Waals surface area contributed by atoms with E-state index in [1.165, 1.54) is 4.90 Å². The van der Waals surface area contributed by atoms with Crippen LogP contribution in [0.25, 0.3) is 0 Å². The molecular weight excluding hydrogens is 530 g/mol. The van der Waals surface area contributed by atoms with Gasteiger partial charge in [-0.05, 0) is 83.1 Å². The number of aryl methyl sites for hydroxylation is 1. The van der Waals surface area contributed by atoms with Crippen molar-refractivity contribution in [2.45, 2.75) is 87.2 Å². The van der Waals surface area contributed by atoms with Crippen LogP contribution in [0, 0.1) is 12.8 Å². The van der Waals surface area contributed by atoms with Crippen LogP contribution in [-0.4, -0.2) is 44.3 Å². The lowest BCUT2D eigenvalue weighted by molar-refractivity contribution is -0.128. The number of benzene rings is 1. The van der Waals surface area contributed by atoms with E-state index in [9.17, 15) is 9.59 Å². The molecule has 234 valence electrons. The Morgan fingerprint density at radius 1 is 1.05 bits per heavy atom. The smallest absolute Gasteiger partial charge is 0.418 e. The zero-order chi connectivity index (χ0) is 31.9. The van der Waals surface area contributed by atoms with Crippen LogP contribution in [0.2, 0.25) is 0 Å². The van der Waals surface area contributed by atoms with Crippen molar-refractivity contribution in [2.24, 2.45) is 5.92 Å². The molecule has 0 aromatic heterocycles. The molecule has 1 atom stereocenters. The molecule has 1 aromatic carbocycles. The first-order valence-corrected chi connectivity index (χ1v) is 14.8. The molecule has 0 spiro atoms. The molecule has 1 rings (SSSR count). The molecule has 0 aliphatic heterocycles. The van der Waals surface area contributed by atoms with E-state index < -0.39 is 12.2 Å². The molecule has 0 saturated carbocycles. The monoisotopic (exact) mass is 583 g/mol. The number of amides is 1. The van der Waals surface area contributed by atoms with E-state index in [1.807, 2.05) is 90.1 Å². The fraction of sp³-hybridized carbons (Fsp3) is 0.486. The molecule has 0 fully saturated rings. The van der Waals surface area contributed by atoms with E-state index in [2.05, 4.69) is 13.8 Å². The Hall–Kier alpha value is -3.74. The van der Waals surface area contributed by atoms with Crippen LogP contribution in [-0.2, 0) is 20.7 Å². The summed E-state index contributed by atoms with van der Waals surface area (Å²) in [7, 11) is 3.31. The number of hydrogen-bond donors (Lipinski definition) is 0. The van der Waals surface area contributed by atoms with Gasteiger partial charge in [-0.1, -0.05) is 69.7 Å². The van der Waals surface area contributed by atoms with Gasteiger partial charge in [-0.3, -0.25) is 9.69 Å². The Labute approximate surface area is 254 Å². The molecule has 1 unspecified atom stereocenters. The fourth-order valence-corrected chi connectivity index (χ4v) is 3.74. The number of carbonyl (C=O) groups is 2. The van der Waals surface area contributed by atoms with E-state index in [0.717, 1.165) is 35.3 Å². The highest BCUT2D eigenvalue weighted by Gasteiger charge is 2.20. The molecule has 0 N–H and O–H groups in total. The van der Waals surface area contributed by atoms with Gasteiger partial charge in [0, 0.05) is 18.8 Å². The van der Waals surface area contributed by atoms with Crippen LogP contribution in [0.3, 0.4) is 0 Å². The molecule has 1 aromatic rings. The van der Waals surface area contributed by atoms with Gasteiger partial charge in [-0.2, -0.15) is 0 Å². The molecule has 0 aliphatic carbocycles. The number of rotatable bonds is 17. The summed E-state index contributed by atoms with van der Waals surface area (Å²) in [6.07, 6.45) is 16.8. The summed E-state index contributed by atoms with van der Waals surface area (Å²) < 4.78 is 22.6. The van der Waals surface area contributed by atoms with Gasteiger partial charge in [0.15, 0.2) is 6.10 Å². The van der Waals surface area contributed by atoms with Crippen LogP contribution in [0.15, 0.2) is 72.2 Å². The molecule has 7 heteroatoms. The summed E-state index contributed by atoms with van der Waals surface area (Å²) in [5, 5.41) is 0. The van der Waals surface area contributed by atoms with Crippen molar-refractivity contribution in [3.8, 4) is 11.5 Å². The summed E-state index contributed by atoms with van der Waals surface area (Å²) in [5.74, 6) is 2.48. The summed E-state index contributed by atoms with van der Waals surface area (Å²) >= 11 is 0. The van der Waals surface area contributed by atoms with Crippen LogP contribution in [0.4, 0.5) is 4.79 Å². The number of hydrogen-bond acceptors (Lipinski definition) is 6. The molecule has 0 radical (unpaired) electrons. The Bertz CT molecular complexity index is 1080. The van der Waals surface area contributed by atoms with Crippen molar-refractivity contribution in [2.75, 3.05) is 20.8 Å². The zero-order valence-corrected chi connectivity index (χ0v) is 27.4. The summed E-state index contributed by atoms with van der Waals surface area (Å²) in [6.45, 7) is 16.9. The van der Waals surface area contributed by atoms with Crippen molar-refractivity contribution in [3.05, 3.63) is 83.3 Å². The maximum absolute atomic E-state index is 12.9. The maximum atomic E-state index is 12.9. The first-order chi connectivity index (χ1) is 20.1. The summed E-state index contributed by atoms with van der Waals surface area (Å²) in [4.78, 5) is 24.6. The van der Waals surface area contributed by atoms with E-state index in [0.29, 0.717) is 43.3 Å². The lowest BCUT2D eigenvalue weighted by Crippen LogP contribution is -2.26. The Morgan fingerprint density at radius 2 is 1.74 bits per heavy atom. The second-order valence-corrected chi connectivity index (χ2v) is 9.92. The topological polar surface area (TPSA) is 74.3 Å². The second kappa shape index (κ2) is 22.9. The third kappa shape index (κ3) is 15.3. The van der Waals surface area contributed by atoms with E-state index >= 15 is 0 Å². The number of carbonyl (C=O) groups excluding carboxylic acids is 2. The van der Waals surface area contributed by atoms with Crippen LogP contribution >= 0.6 is 0 Å². The highest BCUT2D eigenvalue weighted by Crippen LogP contribution is 2.34. The Morgan fingerprint density at radius 3 is 2.36 bits per heavy atom. The van der Waals surface area contributed by atoms with E-state index in [-0.39, 0.29) is 0 Å². The van der Waals surface area contributed by atoms with Gasteiger partial charge in [0.25, 0.3) is 6.47 Å². The largest absolute Gasteiger partial charge is 0.496 e. The molecule has 7 nitrogen and oxygen atoms in total. The van der Waals surface area contributed by atoms with Gasteiger partial charge in [0.05, 0.1) is 13.7 Å². The van der Waals surface area contributed by atoms with Crippen LogP contribution in [0.1, 0.15) is 78.9 Å². The molecule has 42 heavy (non-hydrogen) atoms. The number of nitrogens with zero attached hydrogens (tertiary/aromatic N) is 1. The third-order valence-corrected chi connectivity index (χ3v) is 6.09. The zero-order valence-electron chi connectivity index (χ0n) is 27.4. The summed E-state index contributed by atoms with van der Waals surface area (Å²) in [5.41, 5.74) is 3.09. The number of methoxy groups -OCH3 is 1. The highest BCUT2D eigenvalue weighted by atomic mass is 16.6. The van der Waals surface area contributed by atoms with Crippen LogP contribution in [0.5, 0.6) is 11.5 Å². The first-order valence-electron chi connectivity index (χ1n) is 14.8. The Balaban J connectivity index is 0.00000821. The van der Waals surface area contributed by atoms with Gasteiger partial charge < -0.3 is 18.9 Å². The Kier molecular flexibility index (Phi) is 20.9. The molecule has 1 amide bonds. The minimum absolute atomic E-state index is 0.319. The first kappa shape index (κ1) is 38.3. The molecule has 0 heterocycles. The van der Waals surface area contributed by atoms with Gasteiger partial charge in [-0.15, -0.1) is 0 Å². The quantitative estimate of drug-likeness (QED) is 0.0599. The second-order valence-electron chi connectivity index (χ2n) is 9.92. The number of ether oxygens (including phenoxy) is 4. The van der Waals surface area contributed by atoms with E-state index in [1.54, 1.807) is 26.4 Å². The average molecular weight is 584 g/mol. The predicted octanol–water partition coefficient (Wildman–Crippen LogP) is 8.88.